The van der Waals surface area contributed by atoms with Gasteiger partial charge in [-0.1, -0.05) is 12.1 Å². The quantitative estimate of drug-likeness (QED) is 0.483. The Balaban J connectivity index is 1.30. The number of carbonyl (C=O) groups excluding carboxylic acids is 1. The van der Waals surface area contributed by atoms with Gasteiger partial charge in [-0.3, -0.25) is 9.88 Å². The molecular formula is C26H24F4N6O. The van der Waals surface area contributed by atoms with Crippen LogP contribution in [0.1, 0.15) is 12.8 Å². The number of hydrogen-bond donors (Lipinski definition) is 1. The van der Waals surface area contributed by atoms with E-state index in [2.05, 4.69) is 15.2 Å². The lowest BCUT2D eigenvalue weighted by molar-refractivity contribution is -0.168. The van der Waals surface area contributed by atoms with Crippen molar-refractivity contribution in [1.82, 2.24) is 9.97 Å². The fraction of sp³-hybridized carbons (Fsp3) is 0.346. The summed E-state index contributed by atoms with van der Waals surface area (Å²) < 4.78 is 53.2. The van der Waals surface area contributed by atoms with E-state index in [4.69, 9.17) is 4.98 Å². The van der Waals surface area contributed by atoms with E-state index < -0.39 is 23.9 Å². The van der Waals surface area contributed by atoms with Gasteiger partial charge in [-0.2, -0.15) is 13.2 Å². The van der Waals surface area contributed by atoms with Gasteiger partial charge in [0.1, 0.15) is 5.82 Å². The van der Waals surface area contributed by atoms with Gasteiger partial charge in [0, 0.05) is 43.5 Å². The van der Waals surface area contributed by atoms with Crippen LogP contribution >= 0.6 is 0 Å². The molecule has 0 aliphatic carbocycles. The highest BCUT2D eigenvalue weighted by Gasteiger charge is 2.44. The first-order valence-corrected chi connectivity index (χ1v) is 12.1. The van der Waals surface area contributed by atoms with Crippen molar-refractivity contribution in [2.45, 2.75) is 25.1 Å². The molecule has 0 spiro atoms. The zero-order chi connectivity index (χ0) is 25.7. The van der Waals surface area contributed by atoms with Crippen molar-refractivity contribution in [3.8, 4) is 11.3 Å². The predicted molar refractivity (Wildman–Crippen MR) is 132 cm³/mol. The molecule has 2 fully saturated rings. The minimum Gasteiger partial charge on any atom is -0.371 e. The number of nitrogens with one attached hydrogen (secondary N) is 1. The van der Waals surface area contributed by atoms with Gasteiger partial charge in [0.25, 0.3) is 0 Å². The van der Waals surface area contributed by atoms with Crippen LogP contribution in [0, 0.1) is 11.7 Å². The van der Waals surface area contributed by atoms with E-state index >= 15 is 0 Å². The Morgan fingerprint density at radius 1 is 1.00 bits per heavy atom. The maximum Gasteiger partial charge on any atom is 0.393 e. The first kappa shape index (κ1) is 23.5. The van der Waals surface area contributed by atoms with E-state index in [9.17, 15) is 22.4 Å². The molecule has 0 saturated carbocycles. The molecule has 7 nitrogen and oxygen atoms in total. The molecule has 1 aromatic carbocycles. The molecule has 2 saturated heterocycles. The van der Waals surface area contributed by atoms with Crippen LogP contribution in [0.4, 0.5) is 45.2 Å². The number of rotatable bonds is 3. The van der Waals surface area contributed by atoms with Crippen LogP contribution in [-0.2, 0) is 0 Å². The summed E-state index contributed by atoms with van der Waals surface area (Å²) in [5.41, 5.74) is 3.14. The van der Waals surface area contributed by atoms with E-state index in [0.29, 0.717) is 30.3 Å². The summed E-state index contributed by atoms with van der Waals surface area (Å²) in [6, 6.07) is 11.8. The number of carbonyl (C=O) groups is 1. The topological polar surface area (TPSA) is 64.6 Å². The van der Waals surface area contributed by atoms with Gasteiger partial charge in [-0.15, -0.1) is 0 Å². The van der Waals surface area contributed by atoms with Crippen molar-refractivity contribution in [3.63, 3.8) is 0 Å². The monoisotopic (exact) mass is 512 g/mol. The molecule has 37 heavy (non-hydrogen) atoms. The zero-order valence-corrected chi connectivity index (χ0v) is 19.7. The summed E-state index contributed by atoms with van der Waals surface area (Å²) in [5.74, 6) is -1.39. The Morgan fingerprint density at radius 2 is 1.84 bits per heavy atom. The fourth-order valence-electron chi connectivity index (χ4n) is 5.42. The predicted octanol–water partition coefficient (Wildman–Crippen LogP) is 5.30. The van der Waals surface area contributed by atoms with Crippen LogP contribution < -0.4 is 20.0 Å². The second-order valence-corrected chi connectivity index (χ2v) is 9.64. The molecule has 2 amide bonds. The second kappa shape index (κ2) is 8.89. The normalized spacial score (nSPS) is 20.8. The molecule has 11 heteroatoms. The van der Waals surface area contributed by atoms with Crippen molar-refractivity contribution >= 4 is 28.9 Å². The molecule has 192 valence electrons. The number of nitrogens with zero attached hydrogens (tertiary/aromatic N) is 5. The van der Waals surface area contributed by atoms with Gasteiger partial charge < -0.3 is 15.1 Å². The van der Waals surface area contributed by atoms with E-state index in [-0.39, 0.29) is 24.7 Å². The molecule has 2 aromatic heterocycles. The lowest BCUT2D eigenvalue weighted by Gasteiger charge is -2.36. The number of pyridine rings is 2. The minimum absolute atomic E-state index is 0.0654. The van der Waals surface area contributed by atoms with Crippen LogP contribution in [0.25, 0.3) is 11.3 Å². The molecule has 2 bridgehead atoms. The van der Waals surface area contributed by atoms with Gasteiger partial charge in [0.15, 0.2) is 5.82 Å². The van der Waals surface area contributed by atoms with E-state index in [1.807, 2.05) is 24.3 Å². The highest BCUT2D eigenvalue weighted by molar-refractivity contribution is 6.04. The highest BCUT2D eigenvalue weighted by Crippen LogP contribution is 2.41. The van der Waals surface area contributed by atoms with Gasteiger partial charge in [0.05, 0.1) is 41.4 Å². The third-order valence-electron chi connectivity index (χ3n) is 7.29. The third-order valence-corrected chi connectivity index (χ3v) is 7.29. The Bertz CT molecular complexity index is 1350. The number of halogens is 4. The van der Waals surface area contributed by atoms with E-state index in [1.165, 1.54) is 12.3 Å². The number of alkyl halides is 3. The number of benzene rings is 1. The first-order chi connectivity index (χ1) is 17.8. The number of fused-ring (bicyclic) bond motifs is 4. The summed E-state index contributed by atoms with van der Waals surface area (Å²) in [7, 11) is 0. The molecule has 6 rings (SSSR count). The summed E-state index contributed by atoms with van der Waals surface area (Å²) >= 11 is 0. The molecular weight excluding hydrogens is 488 g/mol. The van der Waals surface area contributed by atoms with Gasteiger partial charge >= 0.3 is 12.2 Å². The molecule has 3 aliphatic heterocycles. The maximum absolute atomic E-state index is 13.6. The average Bonchev–Trinajstić information content (AvgIpc) is 3.53. The Morgan fingerprint density at radius 3 is 2.62 bits per heavy atom. The lowest BCUT2D eigenvalue weighted by Crippen LogP contribution is -2.48. The first-order valence-electron chi connectivity index (χ1n) is 12.1. The summed E-state index contributed by atoms with van der Waals surface area (Å²) in [6.07, 6.45) is -0.914. The van der Waals surface area contributed by atoms with E-state index in [1.54, 1.807) is 21.9 Å². The molecule has 3 aromatic rings. The smallest absolute Gasteiger partial charge is 0.371 e. The van der Waals surface area contributed by atoms with Crippen LogP contribution in [-0.4, -0.2) is 54.4 Å². The molecule has 1 unspecified atom stereocenters. The molecule has 1 N–H and O–H groups in total. The van der Waals surface area contributed by atoms with Gasteiger partial charge in [0.2, 0.25) is 0 Å². The fourth-order valence-corrected chi connectivity index (χ4v) is 5.42. The number of hydrogen-bond acceptors (Lipinski definition) is 5. The minimum atomic E-state index is -4.20. The SMILES string of the molecule is O=C(Nc1cncc(F)c1)N1c2nc(-c3cccc(N4CCC(C(F)(F)F)C4)c3)ccc2N2CC[C@H]1C2. The van der Waals surface area contributed by atoms with Crippen LogP contribution in [0.2, 0.25) is 0 Å². The molecule has 5 heterocycles. The number of aromatic nitrogens is 2. The Kier molecular flexibility index (Phi) is 5.65. The maximum atomic E-state index is 13.6. The van der Waals surface area contributed by atoms with E-state index in [0.717, 1.165) is 30.4 Å². The van der Waals surface area contributed by atoms with Crippen LogP contribution in [0.5, 0.6) is 0 Å². The Labute approximate surface area is 210 Å². The number of amides is 2. The third kappa shape index (κ3) is 4.42. The summed E-state index contributed by atoms with van der Waals surface area (Å²) in [6.45, 7) is 1.73. The molecule has 2 atom stereocenters. The summed E-state index contributed by atoms with van der Waals surface area (Å²) in [4.78, 5) is 27.5. The Hall–Kier alpha value is -3.89. The molecule has 0 radical (unpaired) electrons. The van der Waals surface area contributed by atoms with Gasteiger partial charge in [-0.05, 0) is 37.1 Å². The highest BCUT2D eigenvalue weighted by atomic mass is 19.4. The lowest BCUT2D eigenvalue weighted by atomic mass is 10.1. The zero-order valence-electron chi connectivity index (χ0n) is 19.7. The number of anilines is 4. The van der Waals surface area contributed by atoms with Crippen molar-refractivity contribution in [3.05, 3.63) is 60.7 Å². The van der Waals surface area contributed by atoms with Crippen molar-refractivity contribution < 1.29 is 22.4 Å². The van der Waals surface area contributed by atoms with Crippen molar-refractivity contribution in [2.75, 3.05) is 46.2 Å². The van der Waals surface area contributed by atoms with Crippen LogP contribution in [0.3, 0.4) is 0 Å². The van der Waals surface area contributed by atoms with Gasteiger partial charge in [-0.25, -0.2) is 14.2 Å². The largest absolute Gasteiger partial charge is 0.393 e. The average molecular weight is 513 g/mol. The second-order valence-electron chi connectivity index (χ2n) is 9.64. The summed E-state index contributed by atoms with van der Waals surface area (Å²) in [5, 5.41) is 2.73. The van der Waals surface area contributed by atoms with Crippen molar-refractivity contribution in [2.24, 2.45) is 5.92 Å². The van der Waals surface area contributed by atoms with Crippen LogP contribution in [0.15, 0.2) is 54.9 Å². The standard InChI is InChI=1S/C26H24F4N6O/c27-18-11-19(13-31-12-18)32-25(37)36-21-7-9-35(15-21)23-5-4-22(33-24(23)36)16-2-1-3-20(10-16)34-8-6-17(14-34)26(28,29)30/h1-5,10-13,17,21H,6-9,14-15H2,(H,32,37)/t17?,21-/m0/s1. The number of urea groups is 1. The molecule has 3 aliphatic rings. The van der Waals surface area contributed by atoms with Crippen molar-refractivity contribution in [1.29, 1.82) is 0 Å².